The fourth-order valence-electron chi connectivity index (χ4n) is 2.66. The van der Waals surface area contributed by atoms with Crippen LogP contribution in [0.4, 0.5) is 5.82 Å². The van der Waals surface area contributed by atoms with E-state index in [-0.39, 0.29) is 0 Å². The van der Waals surface area contributed by atoms with E-state index in [1.807, 2.05) is 0 Å². The van der Waals surface area contributed by atoms with E-state index in [1.165, 1.54) is 4.88 Å². The Morgan fingerprint density at radius 2 is 2.33 bits per heavy atom. The van der Waals surface area contributed by atoms with Crippen LogP contribution in [0.15, 0.2) is 29.9 Å². The first kappa shape index (κ1) is 14.0. The topological polar surface area (TPSA) is 64.8 Å². The van der Waals surface area contributed by atoms with Crippen LogP contribution in [0.25, 0.3) is 0 Å². The van der Waals surface area contributed by atoms with Crippen molar-refractivity contribution in [2.75, 3.05) is 18.4 Å². The lowest BCUT2D eigenvalue weighted by molar-refractivity contribution is 0.210. The number of rotatable bonds is 4. The number of hydrogen-bond acceptors (Lipinski definition) is 6. The van der Waals surface area contributed by atoms with E-state index in [0.717, 1.165) is 32.5 Å². The van der Waals surface area contributed by atoms with E-state index in [2.05, 4.69) is 43.8 Å². The number of piperidine rings is 1. The molecule has 1 aliphatic heterocycles. The Hall–Kier alpha value is -1.97. The second-order valence-electron chi connectivity index (χ2n) is 5.16. The Morgan fingerprint density at radius 3 is 3.14 bits per heavy atom. The summed E-state index contributed by atoms with van der Waals surface area (Å²) in [7, 11) is 0. The minimum atomic E-state index is 0.322. The van der Waals surface area contributed by atoms with Crippen LogP contribution in [0.3, 0.4) is 0 Å². The number of anilines is 1. The zero-order valence-electron chi connectivity index (χ0n) is 11.7. The zero-order valence-corrected chi connectivity index (χ0v) is 12.5. The number of nitriles is 1. The molecule has 1 atom stereocenters. The maximum atomic E-state index is 9.07. The molecule has 3 rings (SSSR count). The van der Waals surface area contributed by atoms with Gasteiger partial charge >= 0.3 is 0 Å². The molecule has 3 heterocycles. The van der Waals surface area contributed by atoms with Gasteiger partial charge in [0, 0.05) is 36.4 Å². The molecule has 0 amide bonds. The van der Waals surface area contributed by atoms with Crippen molar-refractivity contribution in [2.24, 2.45) is 0 Å². The third-order valence-electron chi connectivity index (χ3n) is 3.61. The number of likely N-dealkylation sites (tertiary alicyclic amines) is 1. The molecule has 5 nitrogen and oxygen atoms in total. The van der Waals surface area contributed by atoms with Crippen molar-refractivity contribution in [3.63, 3.8) is 0 Å². The molecule has 0 bridgehead atoms. The minimum absolute atomic E-state index is 0.322. The number of nitrogens with one attached hydrogen (secondary N) is 1. The first-order valence-corrected chi connectivity index (χ1v) is 7.95. The third kappa shape index (κ3) is 3.57. The van der Waals surface area contributed by atoms with Gasteiger partial charge in [-0.25, -0.2) is 9.97 Å². The lowest BCUT2D eigenvalue weighted by atomic mass is 10.1. The standard InChI is InChI=1S/C15H17N5S/c16-9-14-15(18-6-5-17-14)19-12-3-1-7-20(10-12)11-13-4-2-8-21-13/h2,4-6,8,12H,1,3,7,10-11H2,(H,18,19). The second kappa shape index (κ2) is 6.66. The van der Waals surface area contributed by atoms with Crippen molar-refractivity contribution in [2.45, 2.75) is 25.4 Å². The van der Waals surface area contributed by atoms with E-state index >= 15 is 0 Å². The van der Waals surface area contributed by atoms with Gasteiger partial charge in [-0.05, 0) is 30.8 Å². The summed E-state index contributed by atoms with van der Waals surface area (Å²) in [6.45, 7) is 3.10. The molecule has 1 N–H and O–H groups in total. The van der Waals surface area contributed by atoms with Crippen molar-refractivity contribution in [1.29, 1.82) is 5.26 Å². The third-order valence-corrected chi connectivity index (χ3v) is 4.47. The van der Waals surface area contributed by atoms with Crippen LogP contribution in [0, 0.1) is 11.3 Å². The molecule has 21 heavy (non-hydrogen) atoms. The summed E-state index contributed by atoms with van der Waals surface area (Å²) in [6.07, 6.45) is 5.43. The highest BCUT2D eigenvalue weighted by Gasteiger charge is 2.21. The summed E-state index contributed by atoms with van der Waals surface area (Å²) < 4.78 is 0. The van der Waals surface area contributed by atoms with Gasteiger partial charge in [-0.15, -0.1) is 11.3 Å². The van der Waals surface area contributed by atoms with Crippen molar-refractivity contribution in [3.05, 3.63) is 40.5 Å². The summed E-state index contributed by atoms with van der Waals surface area (Å²) >= 11 is 1.80. The van der Waals surface area contributed by atoms with E-state index in [1.54, 1.807) is 23.7 Å². The molecule has 0 spiro atoms. The normalized spacial score (nSPS) is 19.1. The van der Waals surface area contributed by atoms with Crippen LogP contribution >= 0.6 is 11.3 Å². The SMILES string of the molecule is N#Cc1nccnc1NC1CCCN(Cc2cccs2)C1. The average molecular weight is 299 g/mol. The summed E-state index contributed by atoms with van der Waals surface area (Å²) in [6, 6.07) is 6.68. The van der Waals surface area contributed by atoms with E-state index in [9.17, 15) is 0 Å². The van der Waals surface area contributed by atoms with Gasteiger partial charge in [-0.1, -0.05) is 6.07 Å². The first-order valence-electron chi connectivity index (χ1n) is 7.07. The number of hydrogen-bond donors (Lipinski definition) is 1. The molecule has 6 heteroatoms. The lowest BCUT2D eigenvalue weighted by Gasteiger charge is -2.33. The average Bonchev–Trinajstić information content (AvgIpc) is 3.01. The van der Waals surface area contributed by atoms with Crippen molar-refractivity contribution < 1.29 is 0 Å². The predicted octanol–water partition coefficient (Wildman–Crippen LogP) is 2.49. The van der Waals surface area contributed by atoms with Gasteiger partial charge < -0.3 is 5.32 Å². The minimum Gasteiger partial charge on any atom is -0.364 e. The van der Waals surface area contributed by atoms with E-state index in [0.29, 0.717) is 17.6 Å². The molecule has 1 unspecified atom stereocenters. The maximum Gasteiger partial charge on any atom is 0.182 e. The molecule has 2 aromatic rings. The summed E-state index contributed by atoms with van der Waals surface area (Å²) in [5.74, 6) is 0.600. The van der Waals surface area contributed by atoms with Crippen LogP contribution in [0.2, 0.25) is 0 Å². The molecular weight excluding hydrogens is 282 g/mol. The summed E-state index contributed by atoms with van der Waals surface area (Å²) in [4.78, 5) is 12.1. The Morgan fingerprint density at radius 1 is 1.43 bits per heavy atom. The quantitative estimate of drug-likeness (QED) is 0.939. The van der Waals surface area contributed by atoms with Crippen molar-refractivity contribution in [3.8, 4) is 6.07 Å². The van der Waals surface area contributed by atoms with Gasteiger partial charge in [0.05, 0.1) is 0 Å². The Bertz CT molecular complexity index is 619. The Labute approximate surface area is 128 Å². The zero-order chi connectivity index (χ0) is 14.5. The molecule has 1 aliphatic rings. The first-order chi connectivity index (χ1) is 10.3. The van der Waals surface area contributed by atoms with Crippen molar-refractivity contribution in [1.82, 2.24) is 14.9 Å². The monoisotopic (exact) mass is 299 g/mol. The van der Waals surface area contributed by atoms with Crippen LogP contribution in [-0.2, 0) is 6.54 Å². The molecule has 1 fully saturated rings. The fourth-order valence-corrected chi connectivity index (χ4v) is 3.40. The molecule has 2 aromatic heterocycles. The van der Waals surface area contributed by atoms with Crippen LogP contribution in [-0.4, -0.2) is 34.0 Å². The van der Waals surface area contributed by atoms with Crippen LogP contribution < -0.4 is 5.32 Å². The van der Waals surface area contributed by atoms with Gasteiger partial charge in [0.2, 0.25) is 0 Å². The van der Waals surface area contributed by atoms with Gasteiger partial charge in [0.1, 0.15) is 6.07 Å². The van der Waals surface area contributed by atoms with Gasteiger partial charge in [-0.2, -0.15) is 5.26 Å². The second-order valence-corrected chi connectivity index (χ2v) is 6.20. The molecule has 1 saturated heterocycles. The highest BCUT2D eigenvalue weighted by atomic mass is 32.1. The maximum absolute atomic E-state index is 9.07. The molecule has 0 radical (unpaired) electrons. The smallest absolute Gasteiger partial charge is 0.182 e. The van der Waals surface area contributed by atoms with Crippen LogP contribution in [0.1, 0.15) is 23.4 Å². The van der Waals surface area contributed by atoms with Gasteiger partial charge in [-0.3, -0.25) is 4.90 Å². The number of nitrogens with zero attached hydrogens (tertiary/aromatic N) is 4. The van der Waals surface area contributed by atoms with E-state index < -0.39 is 0 Å². The number of aromatic nitrogens is 2. The fraction of sp³-hybridized carbons (Fsp3) is 0.400. The Balaban J connectivity index is 1.62. The summed E-state index contributed by atoms with van der Waals surface area (Å²) in [5.41, 5.74) is 0.368. The van der Waals surface area contributed by atoms with Crippen LogP contribution in [0.5, 0.6) is 0 Å². The lowest BCUT2D eigenvalue weighted by Crippen LogP contribution is -2.41. The largest absolute Gasteiger partial charge is 0.364 e. The molecule has 0 aliphatic carbocycles. The highest BCUT2D eigenvalue weighted by Crippen LogP contribution is 2.19. The van der Waals surface area contributed by atoms with Gasteiger partial charge in [0.15, 0.2) is 11.5 Å². The highest BCUT2D eigenvalue weighted by molar-refractivity contribution is 7.09. The Kier molecular flexibility index (Phi) is 4.43. The molecule has 108 valence electrons. The van der Waals surface area contributed by atoms with Crippen molar-refractivity contribution >= 4 is 17.2 Å². The molecule has 0 saturated carbocycles. The summed E-state index contributed by atoms with van der Waals surface area (Å²) in [5, 5.41) is 14.6. The molecule has 0 aromatic carbocycles. The van der Waals surface area contributed by atoms with E-state index in [4.69, 9.17) is 5.26 Å². The van der Waals surface area contributed by atoms with Gasteiger partial charge in [0.25, 0.3) is 0 Å². The number of thiophene rings is 1. The predicted molar refractivity (Wildman–Crippen MR) is 83.0 cm³/mol. The molecular formula is C15H17N5S.